The minimum atomic E-state index is -4.87. The lowest BCUT2D eigenvalue weighted by atomic mass is 10.2. The Morgan fingerprint density at radius 3 is 2.48 bits per heavy atom. The van der Waals surface area contributed by atoms with Crippen LogP contribution in [-0.2, 0) is 21.4 Å². The van der Waals surface area contributed by atoms with Gasteiger partial charge in [-0.15, -0.1) is 13.2 Å². The van der Waals surface area contributed by atoms with Crippen LogP contribution in [0.25, 0.3) is 0 Å². The Bertz CT molecular complexity index is 1040. The van der Waals surface area contributed by atoms with Crippen LogP contribution in [0.4, 0.5) is 13.2 Å². The van der Waals surface area contributed by atoms with Crippen molar-refractivity contribution in [2.24, 2.45) is 0 Å². The van der Waals surface area contributed by atoms with Gasteiger partial charge in [0, 0.05) is 26.6 Å². The molecule has 31 heavy (non-hydrogen) atoms. The first-order chi connectivity index (χ1) is 14.5. The van der Waals surface area contributed by atoms with Gasteiger partial charge in [0.15, 0.2) is 11.5 Å². The summed E-state index contributed by atoms with van der Waals surface area (Å²) in [6.45, 7) is 0.266. The Labute approximate surface area is 176 Å². The van der Waals surface area contributed by atoms with Gasteiger partial charge in [0.05, 0.1) is 4.90 Å². The molecule has 168 valence electrons. The smallest absolute Gasteiger partial charge is 0.454 e. The largest absolute Gasteiger partial charge is 0.573 e. The molecule has 2 aromatic rings. The summed E-state index contributed by atoms with van der Waals surface area (Å²) in [5.74, 6) is 0.393. The molecule has 0 saturated heterocycles. The number of nitrogens with zero attached hydrogens (tertiary/aromatic N) is 1. The van der Waals surface area contributed by atoms with Crippen LogP contribution in [0, 0.1) is 0 Å². The quantitative estimate of drug-likeness (QED) is 0.651. The third-order valence-corrected chi connectivity index (χ3v) is 5.76. The fourth-order valence-electron chi connectivity index (χ4n) is 2.79. The van der Waals surface area contributed by atoms with Gasteiger partial charge >= 0.3 is 6.36 Å². The Kier molecular flexibility index (Phi) is 6.60. The Balaban J connectivity index is 1.49. The van der Waals surface area contributed by atoms with Crippen LogP contribution in [0.5, 0.6) is 17.2 Å². The van der Waals surface area contributed by atoms with Gasteiger partial charge < -0.3 is 19.1 Å². The highest BCUT2D eigenvalue weighted by Crippen LogP contribution is 2.32. The molecule has 0 bridgehead atoms. The van der Waals surface area contributed by atoms with Crippen molar-refractivity contribution in [3.8, 4) is 17.2 Å². The summed E-state index contributed by atoms with van der Waals surface area (Å²) >= 11 is 0. The maximum Gasteiger partial charge on any atom is 0.573 e. The summed E-state index contributed by atoms with van der Waals surface area (Å²) in [6, 6.07) is 9.06. The minimum absolute atomic E-state index is 0.102. The summed E-state index contributed by atoms with van der Waals surface area (Å²) in [6.07, 6.45) is -4.97. The van der Waals surface area contributed by atoms with E-state index in [1.165, 1.54) is 4.90 Å². The lowest BCUT2D eigenvalue weighted by Crippen LogP contribution is -2.32. The SMILES string of the molecule is CN(Cc1ccc2c(c1)OCO2)C(=O)CCNS(=O)(=O)c1ccc(OC(F)(F)F)cc1. The second kappa shape index (κ2) is 9.02. The molecule has 0 atom stereocenters. The predicted octanol–water partition coefficient (Wildman–Crippen LogP) is 2.64. The molecule has 1 N–H and O–H groups in total. The molecule has 0 aromatic heterocycles. The van der Waals surface area contributed by atoms with Crippen molar-refractivity contribution in [3.63, 3.8) is 0 Å². The molecule has 3 rings (SSSR count). The highest BCUT2D eigenvalue weighted by molar-refractivity contribution is 7.89. The number of rotatable bonds is 8. The molecular weight excluding hydrogens is 441 g/mol. The summed E-state index contributed by atoms with van der Waals surface area (Å²) < 4.78 is 77.5. The fourth-order valence-corrected chi connectivity index (χ4v) is 3.82. The number of nitrogens with one attached hydrogen (secondary N) is 1. The maximum atomic E-state index is 12.3. The van der Waals surface area contributed by atoms with E-state index in [0.29, 0.717) is 18.0 Å². The Hall–Kier alpha value is -2.99. The van der Waals surface area contributed by atoms with Crippen molar-refractivity contribution < 1.29 is 40.6 Å². The van der Waals surface area contributed by atoms with Gasteiger partial charge in [0.25, 0.3) is 0 Å². The fraction of sp³-hybridized carbons (Fsp3) is 0.316. The second-order valence-electron chi connectivity index (χ2n) is 6.60. The summed E-state index contributed by atoms with van der Waals surface area (Å²) in [5, 5.41) is 0. The monoisotopic (exact) mass is 460 g/mol. The van der Waals surface area contributed by atoms with Gasteiger partial charge in [0.1, 0.15) is 5.75 Å². The number of carbonyl (C=O) groups is 1. The number of benzene rings is 2. The van der Waals surface area contributed by atoms with Crippen molar-refractivity contribution in [1.29, 1.82) is 0 Å². The number of alkyl halides is 3. The van der Waals surface area contributed by atoms with E-state index in [2.05, 4.69) is 9.46 Å². The van der Waals surface area contributed by atoms with Crippen LogP contribution in [-0.4, -0.2) is 46.0 Å². The van der Waals surface area contributed by atoms with E-state index in [1.54, 1.807) is 25.2 Å². The first-order valence-electron chi connectivity index (χ1n) is 9.01. The summed E-state index contributed by atoms with van der Waals surface area (Å²) in [4.78, 5) is 13.5. The lowest BCUT2D eigenvalue weighted by Gasteiger charge is -2.18. The van der Waals surface area contributed by atoms with Crippen LogP contribution >= 0.6 is 0 Å². The van der Waals surface area contributed by atoms with Gasteiger partial charge in [-0.1, -0.05) is 6.07 Å². The number of amides is 1. The number of fused-ring (bicyclic) bond motifs is 1. The number of hydrogen-bond acceptors (Lipinski definition) is 6. The normalized spacial score (nSPS) is 13.2. The third-order valence-electron chi connectivity index (χ3n) is 4.28. The maximum absolute atomic E-state index is 12.3. The molecule has 12 heteroatoms. The van der Waals surface area contributed by atoms with E-state index in [4.69, 9.17) is 9.47 Å². The van der Waals surface area contributed by atoms with E-state index in [9.17, 15) is 26.4 Å². The van der Waals surface area contributed by atoms with E-state index < -0.39 is 22.1 Å². The molecular formula is C19H19F3N2O6S. The van der Waals surface area contributed by atoms with Crippen LogP contribution < -0.4 is 18.9 Å². The van der Waals surface area contributed by atoms with Crippen molar-refractivity contribution in [3.05, 3.63) is 48.0 Å². The van der Waals surface area contributed by atoms with Crippen molar-refractivity contribution in [2.75, 3.05) is 20.4 Å². The van der Waals surface area contributed by atoms with Crippen LogP contribution in [0.2, 0.25) is 0 Å². The first kappa shape index (κ1) is 22.7. The molecule has 0 aliphatic carbocycles. The molecule has 1 heterocycles. The zero-order valence-corrected chi connectivity index (χ0v) is 17.1. The molecule has 1 aliphatic rings. The highest BCUT2D eigenvalue weighted by Gasteiger charge is 2.31. The summed E-state index contributed by atoms with van der Waals surface area (Å²) in [5.41, 5.74) is 0.821. The average Bonchev–Trinajstić information content (AvgIpc) is 3.14. The van der Waals surface area contributed by atoms with E-state index in [-0.39, 0.29) is 30.6 Å². The number of carbonyl (C=O) groups excluding carboxylic acids is 1. The molecule has 1 aliphatic heterocycles. The molecule has 1 amide bonds. The third kappa shape index (κ3) is 6.25. The van der Waals surface area contributed by atoms with Crippen molar-refractivity contribution in [1.82, 2.24) is 9.62 Å². The number of hydrogen-bond donors (Lipinski definition) is 1. The minimum Gasteiger partial charge on any atom is -0.454 e. The van der Waals surface area contributed by atoms with E-state index in [0.717, 1.165) is 29.8 Å². The molecule has 0 spiro atoms. The zero-order valence-electron chi connectivity index (χ0n) is 16.3. The second-order valence-corrected chi connectivity index (χ2v) is 8.37. The van der Waals surface area contributed by atoms with Crippen molar-refractivity contribution in [2.45, 2.75) is 24.2 Å². The standard InChI is InChI=1S/C19H19F3N2O6S/c1-24(11-13-2-7-16-17(10-13)29-12-28-16)18(25)8-9-23-31(26,27)15-5-3-14(4-6-15)30-19(20,21)22/h2-7,10,23H,8-9,11-12H2,1H3. The van der Waals surface area contributed by atoms with Crippen LogP contribution in [0.3, 0.4) is 0 Å². The van der Waals surface area contributed by atoms with Crippen LogP contribution in [0.1, 0.15) is 12.0 Å². The average molecular weight is 460 g/mol. The van der Waals surface area contributed by atoms with Gasteiger partial charge in [0.2, 0.25) is 22.7 Å². The topological polar surface area (TPSA) is 94.2 Å². The molecule has 0 fully saturated rings. The molecule has 2 aromatic carbocycles. The number of ether oxygens (including phenoxy) is 3. The molecule has 8 nitrogen and oxygen atoms in total. The van der Waals surface area contributed by atoms with Gasteiger partial charge in [-0.25, -0.2) is 13.1 Å². The predicted molar refractivity (Wildman–Crippen MR) is 102 cm³/mol. The number of sulfonamides is 1. The van der Waals surface area contributed by atoms with Gasteiger partial charge in [-0.05, 0) is 42.0 Å². The van der Waals surface area contributed by atoms with Gasteiger partial charge in [-0.2, -0.15) is 0 Å². The summed E-state index contributed by atoms with van der Waals surface area (Å²) in [7, 11) is -2.41. The van der Waals surface area contributed by atoms with E-state index in [1.807, 2.05) is 0 Å². The highest BCUT2D eigenvalue weighted by atomic mass is 32.2. The lowest BCUT2D eigenvalue weighted by molar-refractivity contribution is -0.274. The Morgan fingerprint density at radius 1 is 1.13 bits per heavy atom. The van der Waals surface area contributed by atoms with Crippen molar-refractivity contribution >= 4 is 15.9 Å². The molecule has 0 unspecified atom stereocenters. The van der Waals surface area contributed by atoms with Crippen LogP contribution in [0.15, 0.2) is 47.4 Å². The van der Waals surface area contributed by atoms with E-state index >= 15 is 0 Å². The number of halogens is 3. The Morgan fingerprint density at radius 2 is 1.81 bits per heavy atom. The first-order valence-corrected chi connectivity index (χ1v) is 10.5. The zero-order chi connectivity index (χ0) is 22.6. The molecule has 0 saturated carbocycles. The van der Waals surface area contributed by atoms with Gasteiger partial charge in [-0.3, -0.25) is 4.79 Å². The molecule has 0 radical (unpaired) electrons.